The zero-order chi connectivity index (χ0) is 11.7. The molecule has 1 aromatic carbocycles. The van der Waals surface area contributed by atoms with E-state index in [0.717, 1.165) is 29.4 Å². The van der Waals surface area contributed by atoms with Crippen molar-refractivity contribution in [2.24, 2.45) is 5.73 Å². The highest BCUT2D eigenvalue weighted by Gasteiger charge is 2.16. The van der Waals surface area contributed by atoms with E-state index in [4.69, 9.17) is 10.2 Å². The molecule has 0 aliphatic carbocycles. The van der Waals surface area contributed by atoms with Gasteiger partial charge in [0.25, 0.3) is 0 Å². The van der Waals surface area contributed by atoms with Gasteiger partial charge in [0, 0.05) is 10.9 Å². The predicted molar refractivity (Wildman–Crippen MR) is 62.8 cm³/mol. The summed E-state index contributed by atoms with van der Waals surface area (Å²) in [4.78, 5) is 0. The molecule has 0 aliphatic rings. The molecule has 0 unspecified atom stereocenters. The van der Waals surface area contributed by atoms with Gasteiger partial charge in [0.05, 0.1) is 6.54 Å². The molecule has 0 radical (unpaired) electrons. The maximum atomic E-state index is 13.6. The Balaban J connectivity index is 2.78. The molecular weight excluding hydrogens is 205 g/mol. The summed E-state index contributed by atoms with van der Waals surface area (Å²) in [6.07, 6.45) is 1.88. The highest BCUT2D eigenvalue weighted by atomic mass is 19.1. The van der Waals surface area contributed by atoms with Crippen LogP contribution in [0.1, 0.15) is 30.2 Å². The van der Waals surface area contributed by atoms with Crippen molar-refractivity contribution in [3.8, 4) is 0 Å². The van der Waals surface area contributed by atoms with E-state index in [1.807, 2.05) is 6.92 Å². The predicted octanol–water partition coefficient (Wildman–Crippen LogP) is 3.29. The first-order valence-corrected chi connectivity index (χ1v) is 5.58. The first-order valence-electron chi connectivity index (χ1n) is 5.58. The van der Waals surface area contributed by atoms with Gasteiger partial charge in [-0.15, -0.1) is 0 Å². The first-order chi connectivity index (χ1) is 7.69. The molecule has 0 saturated heterocycles. The van der Waals surface area contributed by atoms with E-state index in [0.29, 0.717) is 17.9 Å². The van der Waals surface area contributed by atoms with Crippen LogP contribution in [0, 0.1) is 12.7 Å². The fourth-order valence-electron chi connectivity index (χ4n) is 2.13. The second-order valence-corrected chi connectivity index (χ2v) is 4.03. The second-order valence-electron chi connectivity index (χ2n) is 4.03. The number of rotatable bonds is 3. The summed E-state index contributed by atoms with van der Waals surface area (Å²) in [6.45, 7) is 4.38. The van der Waals surface area contributed by atoms with Crippen LogP contribution in [0.15, 0.2) is 16.5 Å². The first kappa shape index (κ1) is 11.1. The van der Waals surface area contributed by atoms with E-state index in [1.54, 1.807) is 6.07 Å². The highest BCUT2D eigenvalue weighted by molar-refractivity contribution is 5.86. The van der Waals surface area contributed by atoms with Gasteiger partial charge in [-0.1, -0.05) is 19.4 Å². The smallest absolute Gasteiger partial charge is 0.170 e. The molecule has 16 heavy (non-hydrogen) atoms. The zero-order valence-corrected chi connectivity index (χ0v) is 9.64. The van der Waals surface area contributed by atoms with Crippen molar-refractivity contribution in [2.45, 2.75) is 33.2 Å². The van der Waals surface area contributed by atoms with Gasteiger partial charge in [0.2, 0.25) is 0 Å². The Morgan fingerprint density at radius 1 is 1.38 bits per heavy atom. The molecule has 2 aromatic rings. The third kappa shape index (κ3) is 1.61. The van der Waals surface area contributed by atoms with Crippen LogP contribution in [0.4, 0.5) is 4.39 Å². The average Bonchev–Trinajstić information content (AvgIpc) is 2.64. The molecule has 1 aromatic heterocycles. The molecule has 3 heteroatoms. The Morgan fingerprint density at radius 3 is 2.75 bits per heavy atom. The zero-order valence-electron chi connectivity index (χ0n) is 9.64. The van der Waals surface area contributed by atoms with Crippen molar-refractivity contribution in [1.82, 2.24) is 0 Å². The maximum Gasteiger partial charge on any atom is 0.170 e. The van der Waals surface area contributed by atoms with Crippen LogP contribution in [0.5, 0.6) is 0 Å². The normalized spacial score (nSPS) is 11.2. The summed E-state index contributed by atoms with van der Waals surface area (Å²) in [6, 6.07) is 3.23. The quantitative estimate of drug-likeness (QED) is 0.863. The number of hydrogen-bond acceptors (Lipinski definition) is 2. The Morgan fingerprint density at radius 2 is 2.12 bits per heavy atom. The third-order valence-electron chi connectivity index (χ3n) is 2.87. The van der Waals surface area contributed by atoms with E-state index in [9.17, 15) is 4.39 Å². The van der Waals surface area contributed by atoms with Crippen LogP contribution in [0.2, 0.25) is 0 Å². The van der Waals surface area contributed by atoms with Gasteiger partial charge < -0.3 is 10.2 Å². The summed E-state index contributed by atoms with van der Waals surface area (Å²) in [5.74, 6) is 0.405. The van der Waals surface area contributed by atoms with Crippen LogP contribution >= 0.6 is 0 Å². The highest BCUT2D eigenvalue weighted by Crippen LogP contribution is 2.31. The molecule has 0 atom stereocenters. The standard InChI is InChI=1S/C13H16FNO/c1-3-4-9-11(7-15)16-13-10(14)6-5-8(2)12(9)13/h5-6H,3-4,7,15H2,1-2H3. The summed E-state index contributed by atoms with van der Waals surface area (Å²) in [5, 5.41) is 0.905. The van der Waals surface area contributed by atoms with Crippen LogP contribution in [-0.4, -0.2) is 0 Å². The van der Waals surface area contributed by atoms with Gasteiger partial charge in [0.1, 0.15) is 5.76 Å². The van der Waals surface area contributed by atoms with Crippen LogP contribution < -0.4 is 5.73 Å². The summed E-state index contributed by atoms with van der Waals surface area (Å²) in [5.41, 5.74) is 8.09. The number of nitrogens with two attached hydrogens (primary N) is 1. The number of aryl methyl sites for hydroxylation is 2. The average molecular weight is 221 g/mol. The topological polar surface area (TPSA) is 39.2 Å². The lowest BCUT2D eigenvalue weighted by atomic mass is 10.0. The van der Waals surface area contributed by atoms with Gasteiger partial charge in [-0.05, 0) is 25.0 Å². The van der Waals surface area contributed by atoms with E-state index >= 15 is 0 Å². The number of fused-ring (bicyclic) bond motifs is 1. The molecule has 0 fully saturated rings. The van der Waals surface area contributed by atoms with Gasteiger partial charge in [-0.3, -0.25) is 0 Å². The Hall–Kier alpha value is -1.35. The van der Waals surface area contributed by atoms with Crippen molar-refractivity contribution < 1.29 is 8.81 Å². The molecule has 2 rings (SSSR count). The van der Waals surface area contributed by atoms with E-state index in [2.05, 4.69) is 6.92 Å². The Bertz CT molecular complexity index is 516. The lowest BCUT2D eigenvalue weighted by Gasteiger charge is -2.00. The minimum atomic E-state index is -0.308. The van der Waals surface area contributed by atoms with E-state index in [-0.39, 0.29) is 5.82 Å². The lowest BCUT2D eigenvalue weighted by molar-refractivity contribution is 0.516. The molecule has 86 valence electrons. The molecule has 0 amide bonds. The summed E-state index contributed by atoms with van der Waals surface area (Å²) in [7, 11) is 0. The molecular formula is C13H16FNO. The van der Waals surface area contributed by atoms with Crippen molar-refractivity contribution in [2.75, 3.05) is 0 Å². The van der Waals surface area contributed by atoms with Crippen molar-refractivity contribution in [3.63, 3.8) is 0 Å². The number of halogens is 1. The molecule has 0 spiro atoms. The van der Waals surface area contributed by atoms with Crippen LogP contribution in [0.3, 0.4) is 0 Å². The SMILES string of the molecule is CCCc1c(CN)oc2c(F)ccc(C)c12. The Labute approximate surface area is 94.2 Å². The minimum Gasteiger partial charge on any atom is -0.456 e. The van der Waals surface area contributed by atoms with Gasteiger partial charge >= 0.3 is 0 Å². The fourth-order valence-corrected chi connectivity index (χ4v) is 2.13. The Kier molecular flexibility index (Phi) is 2.97. The fraction of sp³-hybridized carbons (Fsp3) is 0.385. The monoisotopic (exact) mass is 221 g/mol. The van der Waals surface area contributed by atoms with Crippen LogP contribution in [0.25, 0.3) is 11.0 Å². The number of hydrogen-bond donors (Lipinski definition) is 1. The van der Waals surface area contributed by atoms with Gasteiger partial charge in [-0.25, -0.2) is 4.39 Å². The number of furan rings is 1. The number of benzene rings is 1. The van der Waals surface area contributed by atoms with Gasteiger partial charge in [-0.2, -0.15) is 0 Å². The summed E-state index contributed by atoms with van der Waals surface area (Å²) >= 11 is 0. The minimum absolute atomic E-state index is 0.308. The van der Waals surface area contributed by atoms with E-state index in [1.165, 1.54) is 6.07 Å². The van der Waals surface area contributed by atoms with Gasteiger partial charge in [0.15, 0.2) is 11.4 Å². The molecule has 2 nitrogen and oxygen atoms in total. The van der Waals surface area contributed by atoms with Crippen molar-refractivity contribution >= 4 is 11.0 Å². The lowest BCUT2D eigenvalue weighted by Crippen LogP contribution is -1.98. The van der Waals surface area contributed by atoms with Crippen LogP contribution in [-0.2, 0) is 13.0 Å². The molecule has 0 bridgehead atoms. The molecule has 0 saturated carbocycles. The summed E-state index contributed by atoms with van der Waals surface area (Å²) < 4.78 is 19.1. The van der Waals surface area contributed by atoms with E-state index < -0.39 is 0 Å². The third-order valence-corrected chi connectivity index (χ3v) is 2.87. The van der Waals surface area contributed by atoms with Crippen molar-refractivity contribution in [3.05, 3.63) is 34.8 Å². The molecule has 2 N–H and O–H groups in total. The van der Waals surface area contributed by atoms with Crippen molar-refractivity contribution in [1.29, 1.82) is 0 Å². The largest absolute Gasteiger partial charge is 0.456 e. The molecule has 1 heterocycles. The second kappa shape index (κ2) is 4.26. The maximum absolute atomic E-state index is 13.6. The molecule has 0 aliphatic heterocycles.